The average molecular weight is 192 g/mol. The second-order valence-corrected chi connectivity index (χ2v) is 8.18. The average Bonchev–Trinajstić information content (AvgIpc) is 2.08. The predicted molar refractivity (Wildman–Crippen MR) is 37.9 cm³/mol. The van der Waals surface area contributed by atoms with Crippen molar-refractivity contribution in [3.05, 3.63) is 0 Å². The van der Waals surface area contributed by atoms with E-state index in [1.54, 1.807) is 0 Å². The van der Waals surface area contributed by atoms with Crippen LogP contribution >= 0.6 is 29.1 Å². The number of hydrogen-bond donors (Lipinski definition) is 0. The van der Waals surface area contributed by atoms with Gasteiger partial charge in [0.05, 0.1) is 0 Å². The second kappa shape index (κ2) is 2.89. The monoisotopic (exact) mass is 192 g/mol. The van der Waals surface area contributed by atoms with Crippen LogP contribution in [0.4, 0.5) is 13.2 Å². The molecular formula is C3H4F3PS2. The summed E-state index contributed by atoms with van der Waals surface area (Å²) < 4.78 is 35.2. The number of hydrogen-bond acceptors (Lipinski definition) is 2. The van der Waals surface area contributed by atoms with Crippen LogP contribution in [0.1, 0.15) is 0 Å². The van der Waals surface area contributed by atoms with Crippen molar-refractivity contribution in [1.29, 1.82) is 0 Å². The molecule has 0 bridgehead atoms. The van der Waals surface area contributed by atoms with Gasteiger partial charge in [-0.15, -0.1) is 22.8 Å². The van der Waals surface area contributed by atoms with Crippen molar-refractivity contribution in [2.45, 2.75) is 5.92 Å². The van der Waals surface area contributed by atoms with Crippen molar-refractivity contribution < 1.29 is 13.2 Å². The van der Waals surface area contributed by atoms with Crippen LogP contribution in [0.5, 0.6) is 0 Å². The summed E-state index contributed by atoms with van der Waals surface area (Å²) in [5, 5.41) is 0. The van der Waals surface area contributed by atoms with Crippen LogP contribution in [0.2, 0.25) is 0 Å². The van der Waals surface area contributed by atoms with Crippen LogP contribution in [-0.2, 0) is 0 Å². The predicted octanol–water partition coefficient (Wildman–Crippen LogP) is 3.30. The van der Waals surface area contributed by atoms with E-state index in [-0.39, 0.29) is 0 Å². The first-order valence-corrected chi connectivity index (χ1v) is 6.76. The Morgan fingerprint density at radius 2 is 1.56 bits per heavy atom. The summed E-state index contributed by atoms with van der Waals surface area (Å²) in [6.07, 6.45) is -1.75. The topological polar surface area (TPSA) is 0 Å². The molecule has 0 aromatic rings. The molecule has 0 spiro atoms. The maximum Gasteiger partial charge on any atom is 0.424 e. The summed E-state index contributed by atoms with van der Waals surface area (Å²) in [5.74, 6) is -2.60. The minimum absolute atomic E-state index is 0.663. The number of halogens is 3. The maximum atomic E-state index is 11.7. The highest BCUT2D eigenvalue weighted by Crippen LogP contribution is 2.74. The third kappa shape index (κ3) is 2.20. The maximum absolute atomic E-state index is 11.7. The Balaban J connectivity index is 2.42. The molecule has 1 heterocycles. The van der Waals surface area contributed by atoms with Gasteiger partial charge in [0.25, 0.3) is 0 Å². The Bertz CT molecular complexity index is 97.7. The van der Waals surface area contributed by atoms with Gasteiger partial charge >= 0.3 is 5.92 Å². The first-order valence-electron chi connectivity index (χ1n) is 2.23. The lowest BCUT2D eigenvalue weighted by Crippen LogP contribution is -1.97. The molecule has 0 unspecified atom stereocenters. The van der Waals surface area contributed by atoms with Crippen molar-refractivity contribution in [1.82, 2.24) is 0 Å². The minimum Gasteiger partial charge on any atom is -0.165 e. The lowest BCUT2D eigenvalue weighted by molar-refractivity contribution is -0.0359. The van der Waals surface area contributed by atoms with Crippen molar-refractivity contribution in [2.75, 3.05) is 11.5 Å². The molecule has 6 heteroatoms. The van der Waals surface area contributed by atoms with Gasteiger partial charge in [-0.25, -0.2) is 0 Å². The van der Waals surface area contributed by atoms with E-state index < -0.39 is 12.2 Å². The molecule has 0 aliphatic carbocycles. The van der Waals surface area contributed by atoms with E-state index in [1.807, 2.05) is 0 Å². The van der Waals surface area contributed by atoms with E-state index >= 15 is 0 Å². The number of rotatable bonds is 0. The first-order chi connectivity index (χ1) is 4.11. The molecule has 1 fully saturated rings. The molecule has 0 N–H and O–H groups in total. The molecular weight excluding hydrogens is 188 g/mol. The van der Waals surface area contributed by atoms with Crippen LogP contribution in [0.15, 0.2) is 0 Å². The highest BCUT2D eigenvalue weighted by atomic mass is 33.1. The molecule has 1 saturated heterocycles. The second-order valence-electron chi connectivity index (χ2n) is 1.39. The first kappa shape index (κ1) is 8.02. The Morgan fingerprint density at radius 1 is 1.11 bits per heavy atom. The smallest absolute Gasteiger partial charge is 0.165 e. The van der Waals surface area contributed by atoms with E-state index in [0.29, 0.717) is 11.5 Å². The fourth-order valence-electron chi connectivity index (χ4n) is 0.424. The Hall–Kier alpha value is 0.920. The van der Waals surface area contributed by atoms with E-state index in [1.165, 1.54) is 0 Å². The normalized spacial score (nSPS) is 23.0. The third-order valence-corrected chi connectivity index (χ3v) is 8.26. The Labute approximate surface area is 60.2 Å². The molecule has 9 heavy (non-hydrogen) atoms. The SMILES string of the molecule is FC(F)(F)P1SCCS1. The lowest BCUT2D eigenvalue weighted by Gasteiger charge is -2.10. The van der Waals surface area contributed by atoms with Crippen LogP contribution < -0.4 is 0 Å². The standard InChI is InChI=1S/C3H4F3PS2/c4-3(5,6)7-8-1-2-9-7/h1-2H2. The molecule has 1 aliphatic heterocycles. The van der Waals surface area contributed by atoms with Gasteiger partial charge in [-0.1, -0.05) is 0 Å². The van der Waals surface area contributed by atoms with Gasteiger partial charge in [-0.2, -0.15) is 13.2 Å². The summed E-state index contributed by atoms with van der Waals surface area (Å²) in [6.45, 7) is 0. The molecule has 1 aliphatic rings. The molecule has 1 rings (SSSR count). The van der Waals surface area contributed by atoms with Gasteiger partial charge in [0.2, 0.25) is 0 Å². The zero-order valence-electron chi connectivity index (χ0n) is 4.31. The van der Waals surface area contributed by atoms with Crippen molar-refractivity contribution >= 4 is 29.1 Å². The lowest BCUT2D eigenvalue weighted by atomic mass is 11.0. The van der Waals surface area contributed by atoms with Gasteiger partial charge < -0.3 is 0 Å². The Morgan fingerprint density at radius 3 is 1.78 bits per heavy atom. The number of alkyl halides is 3. The summed E-state index contributed by atoms with van der Waals surface area (Å²) in [7, 11) is 0. The van der Waals surface area contributed by atoms with Crippen molar-refractivity contribution in [3.8, 4) is 0 Å². The van der Waals surface area contributed by atoms with Crippen LogP contribution in [0, 0.1) is 0 Å². The van der Waals surface area contributed by atoms with E-state index in [2.05, 4.69) is 0 Å². The molecule has 0 aromatic heterocycles. The van der Waals surface area contributed by atoms with Gasteiger partial charge in [-0.3, -0.25) is 0 Å². The van der Waals surface area contributed by atoms with Crippen molar-refractivity contribution in [3.63, 3.8) is 0 Å². The van der Waals surface area contributed by atoms with Gasteiger partial charge in [0.1, 0.15) is 6.33 Å². The third-order valence-electron chi connectivity index (χ3n) is 0.707. The summed E-state index contributed by atoms with van der Waals surface area (Å²) in [6, 6.07) is 0. The molecule has 0 atom stereocenters. The summed E-state index contributed by atoms with van der Waals surface area (Å²) in [5.41, 5.74) is 0. The molecule has 0 radical (unpaired) electrons. The zero-order chi connectivity index (χ0) is 6.91. The van der Waals surface area contributed by atoms with E-state index in [4.69, 9.17) is 0 Å². The largest absolute Gasteiger partial charge is 0.424 e. The van der Waals surface area contributed by atoms with Gasteiger partial charge in [0, 0.05) is 11.5 Å². The summed E-state index contributed by atoms with van der Waals surface area (Å²) >= 11 is 2.10. The zero-order valence-corrected chi connectivity index (χ0v) is 6.84. The van der Waals surface area contributed by atoms with Crippen molar-refractivity contribution in [2.24, 2.45) is 0 Å². The van der Waals surface area contributed by atoms with Crippen LogP contribution in [0.25, 0.3) is 0 Å². The fourth-order valence-corrected chi connectivity index (χ4v) is 7.17. The molecule has 0 nitrogen and oxygen atoms in total. The fraction of sp³-hybridized carbons (Fsp3) is 1.00. The molecule has 0 saturated carbocycles. The van der Waals surface area contributed by atoms with Crippen LogP contribution in [-0.4, -0.2) is 17.4 Å². The van der Waals surface area contributed by atoms with Gasteiger partial charge in [0.15, 0.2) is 0 Å². The summed E-state index contributed by atoms with van der Waals surface area (Å²) in [4.78, 5) is 0. The quantitative estimate of drug-likeness (QED) is 0.540. The van der Waals surface area contributed by atoms with Crippen LogP contribution in [0.3, 0.4) is 0 Å². The highest BCUT2D eigenvalue weighted by Gasteiger charge is 2.42. The minimum atomic E-state index is -3.93. The van der Waals surface area contributed by atoms with Gasteiger partial charge in [-0.05, 0) is 0 Å². The molecule has 0 aromatic carbocycles. The highest BCUT2D eigenvalue weighted by molar-refractivity contribution is 8.90. The molecule has 0 amide bonds. The Kier molecular flexibility index (Phi) is 2.57. The molecule has 54 valence electrons. The van der Waals surface area contributed by atoms with E-state index in [0.717, 1.165) is 22.8 Å². The van der Waals surface area contributed by atoms with E-state index in [9.17, 15) is 13.2 Å².